The molecule has 3 aromatic rings. The second kappa shape index (κ2) is 9.69. The fraction of sp³-hybridized carbons (Fsp3) is 0.261. The topological polar surface area (TPSA) is 92.5 Å². The summed E-state index contributed by atoms with van der Waals surface area (Å²) in [6.45, 7) is 4.01. The van der Waals surface area contributed by atoms with Gasteiger partial charge >= 0.3 is 0 Å². The fourth-order valence-corrected chi connectivity index (χ4v) is 4.37. The number of non-ortho nitro benzene ring substituents is 1. The van der Waals surface area contributed by atoms with Crippen molar-refractivity contribution in [3.8, 4) is 0 Å². The third-order valence-electron chi connectivity index (χ3n) is 5.37. The minimum Gasteiger partial charge on any atom is -0.343 e. The minimum atomic E-state index is -0.442. The van der Waals surface area contributed by atoms with Gasteiger partial charge < -0.3 is 9.80 Å². The van der Waals surface area contributed by atoms with Gasteiger partial charge in [0, 0.05) is 61.8 Å². The average molecular weight is 450 g/mol. The van der Waals surface area contributed by atoms with Crippen molar-refractivity contribution in [3.05, 3.63) is 87.7 Å². The Morgan fingerprint density at radius 2 is 1.94 bits per heavy atom. The summed E-state index contributed by atoms with van der Waals surface area (Å²) >= 11 is 1.40. The van der Waals surface area contributed by atoms with E-state index in [2.05, 4.69) is 21.4 Å². The highest BCUT2D eigenvalue weighted by molar-refractivity contribution is 7.09. The highest BCUT2D eigenvalue weighted by atomic mass is 32.1. The van der Waals surface area contributed by atoms with Crippen LogP contribution in [0.25, 0.3) is 6.08 Å². The Balaban J connectivity index is 1.34. The van der Waals surface area contributed by atoms with Crippen LogP contribution in [0, 0.1) is 10.1 Å². The first-order chi connectivity index (χ1) is 15.5. The van der Waals surface area contributed by atoms with Crippen LogP contribution in [0.5, 0.6) is 0 Å². The first-order valence-electron chi connectivity index (χ1n) is 10.3. The zero-order valence-corrected chi connectivity index (χ0v) is 18.4. The summed E-state index contributed by atoms with van der Waals surface area (Å²) < 4.78 is 4.50. The van der Waals surface area contributed by atoms with Crippen molar-refractivity contribution in [2.45, 2.75) is 19.4 Å². The predicted molar refractivity (Wildman–Crippen MR) is 125 cm³/mol. The van der Waals surface area contributed by atoms with Crippen molar-refractivity contribution in [2.24, 2.45) is 0 Å². The Morgan fingerprint density at radius 1 is 1.19 bits per heavy atom. The van der Waals surface area contributed by atoms with Crippen molar-refractivity contribution in [1.29, 1.82) is 0 Å². The molecule has 0 bridgehead atoms. The van der Waals surface area contributed by atoms with Crippen LogP contribution in [-0.4, -0.2) is 50.8 Å². The van der Waals surface area contributed by atoms with Gasteiger partial charge in [-0.05, 0) is 36.3 Å². The number of carbonyl (C=O) groups excluding carboxylic acids is 1. The maximum atomic E-state index is 12.7. The van der Waals surface area contributed by atoms with Crippen molar-refractivity contribution >= 4 is 34.3 Å². The Morgan fingerprint density at radius 3 is 2.62 bits per heavy atom. The summed E-state index contributed by atoms with van der Waals surface area (Å²) in [5.74, 6) is 0.742. The number of anilines is 1. The van der Waals surface area contributed by atoms with Gasteiger partial charge in [0.2, 0.25) is 11.0 Å². The number of benzene rings is 2. The summed E-state index contributed by atoms with van der Waals surface area (Å²) in [6, 6.07) is 16.3. The molecule has 1 amide bonds. The highest BCUT2D eigenvalue weighted by Crippen LogP contribution is 2.23. The zero-order chi connectivity index (χ0) is 22.5. The second-order valence-corrected chi connectivity index (χ2v) is 8.39. The maximum Gasteiger partial charge on any atom is 0.269 e. The molecule has 164 valence electrons. The summed E-state index contributed by atoms with van der Waals surface area (Å²) in [5.41, 5.74) is 1.96. The molecule has 0 aliphatic carbocycles. The predicted octanol–water partition coefficient (Wildman–Crippen LogP) is 3.79. The summed E-state index contributed by atoms with van der Waals surface area (Å²) in [6.07, 6.45) is 3.92. The van der Waals surface area contributed by atoms with E-state index >= 15 is 0 Å². The van der Waals surface area contributed by atoms with Crippen molar-refractivity contribution in [2.75, 3.05) is 24.5 Å². The lowest BCUT2D eigenvalue weighted by atomic mass is 10.1. The summed E-state index contributed by atoms with van der Waals surface area (Å²) in [7, 11) is 0. The third-order valence-corrected chi connectivity index (χ3v) is 6.18. The van der Waals surface area contributed by atoms with Gasteiger partial charge in [0.25, 0.3) is 5.69 Å². The Hall–Kier alpha value is -3.59. The van der Waals surface area contributed by atoms with Crippen LogP contribution < -0.4 is 4.90 Å². The summed E-state index contributed by atoms with van der Waals surface area (Å²) in [5, 5.41) is 11.6. The second-order valence-electron chi connectivity index (χ2n) is 7.66. The molecule has 0 saturated carbocycles. The number of piperazine rings is 1. The van der Waals surface area contributed by atoms with Crippen LogP contribution in [0.2, 0.25) is 0 Å². The molecule has 1 atom stereocenters. The normalized spacial score (nSPS) is 16.5. The Kier molecular flexibility index (Phi) is 6.55. The van der Waals surface area contributed by atoms with Gasteiger partial charge in [-0.15, -0.1) is 0 Å². The van der Waals surface area contributed by atoms with Crippen molar-refractivity contribution in [3.63, 3.8) is 0 Å². The van der Waals surface area contributed by atoms with E-state index in [4.69, 9.17) is 4.98 Å². The van der Waals surface area contributed by atoms with E-state index in [-0.39, 0.29) is 17.6 Å². The fourth-order valence-electron chi connectivity index (χ4n) is 3.65. The van der Waals surface area contributed by atoms with E-state index in [0.717, 1.165) is 16.5 Å². The number of hydrogen-bond acceptors (Lipinski definition) is 7. The minimum absolute atomic E-state index is 0.0271. The molecule has 4 rings (SSSR count). The zero-order valence-electron chi connectivity index (χ0n) is 17.6. The van der Waals surface area contributed by atoms with Gasteiger partial charge in [0.1, 0.15) is 5.82 Å². The maximum absolute atomic E-state index is 12.7. The van der Waals surface area contributed by atoms with Gasteiger partial charge in [-0.25, -0.2) is 4.98 Å². The Labute approximate surface area is 190 Å². The molecule has 8 nitrogen and oxygen atoms in total. The molecule has 2 heterocycles. The van der Waals surface area contributed by atoms with E-state index in [0.29, 0.717) is 26.1 Å². The van der Waals surface area contributed by atoms with Gasteiger partial charge in [-0.2, -0.15) is 4.37 Å². The van der Waals surface area contributed by atoms with Crippen LogP contribution >= 0.6 is 11.5 Å². The lowest BCUT2D eigenvalue weighted by Crippen LogP contribution is -2.53. The largest absolute Gasteiger partial charge is 0.343 e. The number of nitro groups is 1. The first kappa shape index (κ1) is 21.6. The van der Waals surface area contributed by atoms with Gasteiger partial charge in [0.15, 0.2) is 0 Å². The third kappa shape index (κ3) is 5.17. The van der Waals surface area contributed by atoms with E-state index in [1.165, 1.54) is 35.3 Å². The molecule has 1 aliphatic heterocycles. The molecule has 1 unspecified atom stereocenters. The molecular weight excluding hydrogens is 426 g/mol. The quantitative estimate of drug-likeness (QED) is 0.323. The molecule has 32 heavy (non-hydrogen) atoms. The Bertz CT molecular complexity index is 1110. The number of amides is 1. The van der Waals surface area contributed by atoms with Crippen LogP contribution in [0.4, 0.5) is 10.8 Å². The van der Waals surface area contributed by atoms with Crippen LogP contribution in [0.1, 0.15) is 23.9 Å². The van der Waals surface area contributed by atoms with E-state index in [1.807, 2.05) is 30.0 Å². The number of rotatable bonds is 6. The molecule has 0 radical (unpaired) electrons. The molecule has 1 aliphatic rings. The number of nitro benzene ring substituents is 1. The molecular formula is C23H23N5O3S. The molecule has 1 aromatic heterocycles. The standard InChI is InChI=1S/C23H23N5O3S/c1-17-16-26(23-24-21(25-32-23)15-19-5-3-2-4-6-19)13-14-27(17)22(29)12-9-18-7-10-20(11-8-18)28(30)31/h2-12,17H,13-16H2,1H3. The molecule has 0 spiro atoms. The molecule has 2 aromatic carbocycles. The van der Waals surface area contributed by atoms with Crippen molar-refractivity contribution in [1.82, 2.24) is 14.3 Å². The number of nitrogens with zero attached hydrogens (tertiary/aromatic N) is 5. The van der Waals surface area contributed by atoms with E-state index in [9.17, 15) is 14.9 Å². The first-order valence-corrected chi connectivity index (χ1v) is 11.1. The molecule has 9 heteroatoms. The SMILES string of the molecule is CC1CN(c2nc(Cc3ccccc3)ns2)CCN1C(=O)C=Cc1ccc([N+](=O)[O-])cc1. The monoisotopic (exact) mass is 449 g/mol. The van der Waals surface area contributed by atoms with Crippen LogP contribution in [-0.2, 0) is 11.2 Å². The van der Waals surface area contributed by atoms with E-state index in [1.54, 1.807) is 18.2 Å². The van der Waals surface area contributed by atoms with Crippen molar-refractivity contribution < 1.29 is 9.72 Å². The lowest BCUT2D eigenvalue weighted by molar-refractivity contribution is -0.384. The van der Waals surface area contributed by atoms with Crippen LogP contribution in [0.15, 0.2) is 60.7 Å². The summed E-state index contributed by atoms with van der Waals surface area (Å²) in [4.78, 5) is 31.7. The van der Waals surface area contributed by atoms with Gasteiger partial charge in [-0.3, -0.25) is 14.9 Å². The number of aromatic nitrogens is 2. The van der Waals surface area contributed by atoms with Crippen LogP contribution in [0.3, 0.4) is 0 Å². The molecule has 0 N–H and O–H groups in total. The molecule has 1 saturated heterocycles. The number of hydrogen-bond donors (Lipinski definition) is 0. The van der Waals surface area contributed by atoms with Gasteiger partial charge in [-0.1, -0.05) is 30.3 Å². The number of carbonyl (C=O) groups is 1. The van der Waals surface area contributed by atoms with E-state index < -0.39 is 4.92 Å². The average Bonchev–Trinajstić information content (AvgIpc) is 3.27. The molecule has 1 fully saturated rings. The lowest BCUT2D eigenvalue weighted by Gasteiger charge is -2.39. The van der Waals surface area contributed by atoms with Gasteiger partial charge in [0.05, 0.1) is 4.92 Å². The highest BCUT2D eigenvalue weighted by Gasteiger charge is 2.28. The smallest absolute Gasteiger partial charge is 0.269 e.